The Labute approximate surface area is 119 Å². The van der Waals surface area contributed by atoms with Gasteiger partial charge in [-0.15, -0.1) is 0 Å². The van der Waals surface area contributed by atoms with E-state index in [1.807, 2.05) is 18.2 Å². The normalized spacial score (nSPS) is 10.9. The van der Waals surface area contributed by atoms with Crippen LogP contribution in [-0.4, -0.2) is 4.98 Å². The van der Waals surface area contributed by atoms with E-state index in [1.165, 1.54) is 12.1 Å². The van der Waals surface area contributed by atoms with Crippen LogP contribution in [0.2, 0.25) is 10.2 Å². The number of hydrogen-bond acceptors (Lipinski definition) is 1. The summed E-state index contributed by atoms with van der Waals surface area (Å²) in [7, 11) is 0. The highest BCUT2D eigenvalue weighted by Crippen LogP contribution is 2.34. The first-order valence-electron chi connectivity index (χ1n) is 5.66. The van der Waals surface area contributed by atoms with Crippen LogP contribution in [0.5, 0.6) is 0 Å². The first-order valence-corrected chi connectivity index (χ1v) is 6.41. The molecule has 3 aromatic rings. The summed E-state index contributed by atoms with van der Waals surface area (Å²) in [5, 5.41) is 1.64. The van der Waals surface area contributed by atoms with Gasteiger partial charge in [-0.1, -0.05) is 41.4 Å². The van der Waals surface area contributed by atoms with Crippen molar-refractivity contribution in [3.63, 3.8) is 0 Å². The molecule has 0 amide bonds. The van der Waals surface area contributed by atoms with E-state index in [-0.39, 0.29) is 5.82 Å². The van der Waals surface area contributed by atoms with Gasteiger partial charge >= 0.3 is 0 Å². The molecule has 0 saturated heterocycles. The van der Waals surface area contributed by atoms with Gasteiger partial charge in [0.2, 0.25) is 0 Å². The van der Waals surface area contributed by atoms with Crippen LogP contribution in [0.15, 0.2) is 48.5 Å². The maximum absolute atomic E-state index is 13.4. The van der Waals surface area contributed by atoms with E-state index in [0.717, 1.165) is 11.1 Å². The summed E-state index contributed by atoms with van der Waals surface area (Å²) in [4.78, 5) is 4.19. The molecule has 2 aromatic carbocycles. The molecule has 0 radical (unpaired) electrons. The summed E-state index contributed by atoms with van der Waals surface area (Å²) >= 11 is 12.2. The first-order chi connectivity index (χ1) is 9.15. The molecule has 0 atom stereocenters. The van der Waals surface area contributed by atoms with Crippen LogP contribution in [0.1, 0.15) is 0 Å². The largest absolute Gasteiger partial charge is 0.236 e. The molecule has 1 nitrogen and oxygen atoms in total. The fourth-order valence-corrected chi connectivity index (χ4v) is 2.51. The number of pyridine rings is 1. The smallest absolute Gasteiger partial charge is 0.130 e. The predicted molar refractivity (Wildman–Crippen MR) is 77.2 cm³/mol. The molecule has 0 bridgehead atoms. The molecule has 1 aromatic heterocycles. The Morgan fingerprint density at radius 1 is 0.895 bits per heavy atom. The zero-order valence-electron chi connectivity index (χ0n) is 9.70. The Morgan fingerprint density at radius 2 is 1.68 bits per heavy atom. The summed E-state index contributed by atoms with van der Waals surface area (Å²) in [6.07, 6.45) is 0. The third-order valence-corrected chi connectivity index (χ3v) is 3.43. The quantitative estimate of drug-likeness (QED) is 0.551. The van der Waals surface area contributed by atoms with Crippen LogP contribution in [0.25, 0.3) is 22.0 Å². The fraction of sp³-hybridized carbons (Fsp3) is 0. The standard InChI is InChI=1S/C15H8Cl2FN/c16-13-4-2-1-3-10(13)11-8-15(17)19-14-6-5-9(18)7-12(11)14/h1-8H. The highest BCUT2D eigenvalue weighted by molar-refractivity contribution is 6.34. The molecular formula is C15H8Cl2FN. The lowest BCUT2D eigenvalue weighted by Crippen LogP contribution is -1.88. The zero-order chi connectivity index (χ0) is 13.4. The van der Waals surface area contributed by atoms with Gasteiger partial charge in [0.05, 0.1) is 5.52 Å². The minimum Gasteiger partial charge on any atom is -0.236 e. The van der Waals surface area contributed by atoms with Crippen molar-refractivity contribution in [3.8, 4) is 11.1 Å². The summed E-state index contributed by atoms with van der Waals surface area (Å²) < 4.78 is 13.4. The predicted octanol–water partition coefficient (Wildman–Crippen LogP) is 5.35. The van der Waals surface area contributed by atoms with Gasteiger partial charge in [0.1, 0.15) is 11.0 Å². The molecule has 0 aliphatic rings. The SMILES string of the molecule is Fc1ccc2nc(Cl)cc(-c3ccccc3Cl)c2c1. The van der Waals surface area contributed by atoms with E-state index in [4.69, 9.17) is 23.2 Å². The molecule has 0 N–H and O–H groups in total. The third-order valence-electron chi connectivity index (χ3n) is 2.90. The average Bonchev–Trinajstić information content (AvgIpc) is 2.39. The van der Waals surface area contributed by atoms with Crippen molar-refractivity contribution >= 4 is 34.1 Å². The number of rotatable bonds is 1. The van der Waals surface area contributed by atoms with Gasteiger partial charge in [-0.05, 0) is 35.9 Å². The van der Waals surface area contributed by atoms with E-state index in [1.54, 1.807) is 18.2 Å². The molecule has 1 heterocycles. The molecule has 94 valence electrons. The average molecular weight is 292 g/mol. The highest BCUT2D eigenvalue weighted by Gasteiger charge is 2.10. The fourth-order valence-electron chi connectivity index (χ4n) is 2.07. The number of fused-ring (bicyclic) bond motifs is 1. The second kappa shape index (κ2) is 4.80. The topological polar surface area (TPSA) is 12.9 Å². The van der Waals surface area contributed by atoms with Crippen LogP contribution < -0.4 is 0 Å². The summed E-state index contributed by atoms with van der Waals surface area (Å²) in [6, 6.07) is 13.5. The van der Waals surface area contributed by atoms with Crippen molar-refractivity contribution < 1.29 is 4.39 Å². The van der Waals surface area contributed by atoms with Crippen molar-refractivity contribution in [2.45, 2.75) is 0 Å². The molecule has 0 aliphatic carbocycles. The van der Waals surface area contributed by atoms with E-state index in [0.29, 0.717) is 21.1 Å². The van der Waals surface area contributed by atoms with Gasteiger partial charge in [-0.2, -0.15) is 0 Å². The molecular weight excluding hydrogens is 284 g/mol. The van der Waals surface area contributed by atoms with Gasteiger partial charge in [-0.25, -0.2) is 9.37 Å². The molecule has 0 aliphatic heterocycles. The van der Waals surface area contributed by atoms with Crippen LogP contribution in [-0.2, 0) is 0 Å². The Kier molecular flexibility index (Phi) is 3.13. The zero-order valence-corrected chi connectivity index (χ0v) is 11.2. The number of benzene rings is 2. The van der Waals surface area contributed by atoms with Crippen LogP contribution in [0.4, 0.5) is 4.39 Å². The van der Waals surface area contributed by atoms with Gasteiger partial charge in [-0.3, -0.25) is 0 Å². The lowest BCUT2D eigenvalue weighted by atomic mass is 10.0. The van der Waals surface area contributed by atoms with E-state index in [2.05, 4.69) is 4.98 Å². The summed E-state index contributed by atoms with van der Waals surface area (Å²) in [5.74, 6) is -0.315. The van der Waals surface area contributed by atoms with Gasteiger partial charge in [0, 0.05) is 16.0 Å². The number of hydrogen-bond donors (Lipinski definition) is 0. The lowest BCUT2D eigenvalue weighted by molar-refractivity contribution is 0.629. The number of aromatic nitrogens is 1. The minimum atomic E-state index is -0.315. The molecule has 0 fully saturated rings. The Morgan fingerprint density at radius 3 is 2.47 bits per heavy atom. The van der Waals surface area contributed by atoms with Crippen molar-refractivity contribution in [3.05, 3.63) is 64.5 Å². The van der Waals surface area contributed by atoms with Crippen molar-refractivity contribution in [2.24, 2.45) is 0 Å². The monoisotopic (exact) mass is 291 g/mol. The molecule has 0 spiro atoms. The summed E-state index contributed by atoms with van der Waals surface area (Å²) in [5.41, 5.74) is 2.23. The van der Waals surface area contributed by atoms with Crippen molar-refractivity contribution in [1.29, 1.82) is 0 Å². The molecule has 4 heteroatoms. The van der Waals surface area contributed by atoms with E-state index < -0.39 is 0 Å². The van der Waals surface area contributed by atoms with Crippen LogP contribution >= 0.6 is 23.2 Å². The van der Waals surface area contributed by atoms with Crippen LogP contribution in [0, 0.1) is 5.82 Å². The van der Waals surface area contributed by atoms with E-state index in [9.17, 15) is 4.39 Å². The van der Waals surface area contributed by atoms with Crippen LogP contribution in [0.3, 0.4) is 0 Å². The second-order valence-electron chi connectivity index (χ2n) is 4.13. The van der Waals surface area contributed by atoms with Crippen molar-refractivity contribution in [2.75, 3.05) is 0 Å². The van der Waals surface area contributed by atoms with Gasteiger partial charge in [0.15, 0.2) is 0 Å². The number of halogens is 3. The van der Waals surface area contributed by atoms with E-state index >= 15 is 0 Å². The lowest BCUT2D eigenvalue weighted by Gasteiger charge is -2.09. The third kappa shape index (κ3) is 2.29. The molecule has 0 saturated carbocycles. The highest BCUT2D eigenvalue weighted by atomic mass is 35.5. The maximum Gasteiger partial charge on any atom is 0.130 e. The minimum absolute atomic E-state index is 0.315. The molecule has 0 unspecified atom stereocenters. The van der Waals surface area contributed by atoms with Gasteiger partial charge < -0.3 is 0 Å². The molecule has 19 heavy (non-hydrogen) atoms. The first kappa shape index (κ1) is 12.4. The van der Waals surface area contributed by atoms with Crippen molar-refractivity contribution in [1.82, 2.24) is 4.98 Å². The Bertz CT molecular complexity index is 771. The summed E-state index contributed by atoms with van der Waals surface area (Å²) in [6.45, 7) is 0. The Balaban J connectivity index is 2.40. The maximum atomic E-state index is 13.4. The number of nitrogens with zero attached hydrogens (tertiary/aromatic N) is 1. The Hall–Kier alpha value is -1.64. The molecule has 3 rings (SSSR count). The second-order valence-corrected chi connectivity index (χ2v) is 4.93. The van der Waals surface area contributed by atoms with Gasteiger partial charge in [0.25, 0.3) is 0 Å².